The van der Waals surface area contributed by atoms with E-state index < -0.39 is 12.0 Å². The molecule has 25 heavy (non-hydrogen) atoms. The van der Waals surface area contributed by atoms with Gasteiger partial charge in [0.1, 0.15) is 0 Å². The molecule has 1 aliphatic heterocycles. The van der Waals surface area contributed by atoms with Crippen LogP contribution >= 0.6 is 11.6 Å². The van der Waals surface area contributed by atoms with Crippen molar-refractivity contribution in [2.75, 3.05) is 0 Å². The molecule has 4 nitrogen and oxygen atoms in total. The Morgan fingerprint density at radius 2 is 1.76 bits per heavy atom. The van der Waals surface area contributed by atoms with Crippen molar-refractivity contribution >= 4 is 23.4 Å². The summed E-state index contributed by atoms with van der Waals surface area (Å²) in [6.45, 7) is 5.98. The molecule has 128 valence electrons. The highest BCUT2D eigenvalue weighted by atomic mass is 35.5. The SMILES string of the molecule is C=C1NC(=O)N[C@H](c2ccc(CC)cc2)[C@@H]1C(=O)c1ccc(Cl)cc1. The molecule has 0 aliphatic carbocycles. The molecule has 2 atom stereocenters. The van der Waals surface area contributed by atoms with E-state index >= 15 is 0 Å². The molecular weight excluding hydrogens is 336 g/mol. The predicted molar refractivity (Wildman–Crippen MR) is 98.6 cm³/mol. The number of carbonyl (C=O) groups excluding carboxylic acids is 2. The van der Waals surface area contributed by atoms with Gasteiger partial charge >= 0.3 is 6.03 Å². The highest BCUT2D eigenvalue weighted by Gasteiger charge is 2.37. The van der Waals surface area contributed by atoms with Gasteiger partial charge in [0, 0.05) is 16.3 Å². The van der Waals surface area contributed by atoms with Gasteiger partial charge in [0.2, 0.25) is 0 Å². The van der Waals surface area contributed by atoms with Crippen LogP contribution in [0.1, 0.15) is 34.5 Å². The zero-order chi connectivity index (χ0) is 18.0. The number of urea groups is 1. The molecule has 2 aromatic carbocycles. The van der Waals surface area contributed by atoms with Crippen molar-refractivity contribution in [2.24, 2.45) is 5.92 Å². The third-order valence-corrected chi connectivity index (χ3v) is 4.68. The molecule has 0 saturated carbocycles. The van der Waals surface area contributed by atoms with Gasteiger partial charge in [0.15, 0.2) is 5.78 Å². The topological polar surface area (TPSA) is 58.2 Å². The highest BCUT2D eigenvalue weighted by Crippen LogP contribution is 2.32. The summed E-state index contributed by atoms with van der Waals surface area (Å²) in [4.78, 5) is 25.0. The molecule has 1 aliphatic rings. The van der Waals surface area contributed by atoms with Crippen LogP contribution in [0.15, 0.2) is 60.8 Å². The van der Waals surface area contributed by atoms with Crippen LogP contribution in [0.2, 0.25) is 5.02 Å². The van der Waals surface area contributed by atoms with Crippen LogP contribution in [0.5, 0.6) is 0 Å². The van der Waals surface area contributed by atoms with E-state index in [1.165, 1.54) is 5.56 Å². The minimum atomic E-state index is -0.591. The first-order valence-corrected chi connectivity index (χ1v) is 8.52. The summed E-state index contributed by atoms with van der Waals surface area (Å²) in [5.74, 6) is -0.704. The molecule has 3 rings (SSSR count). The summed E-state index contributed by atoms with van der Waals surface area (Å²) in [5, 5.41) is 6.04. The number of nitrogens with one attached hydrogen (secondary N) is 2. The van der Waals surface area contributed by atoms with Crippen LogP contribution in [0, 0.1) is 5.92 Å². The lowest BCUT2D eigenvalue weighted by Crippen LogP contribution is -2.50. The van der Waals surface area contributed by atoms with Crippen LogP contribution in [0.25, 0.3) is 0 Å². The van der Waals surface area contributed by atoms with Crippen molar-refractivity contribution in [1.29, 1.82) is 0 Å². The quantitative estimate of drug-likeness (QED) is 0.805. The second kappa shape index (κ2) is 7.11. The maximum Gasteiger partial charge on any atom is 0.319 e. The summed E-state index contributed by atoms with van der Waals surface area (Å²) >= 11 is 5.90. The second-order valence-corrected chi connectivity index (χ2v) is 6.48. The molecule has 0 bridgehead atoms. The van der Waals surface area contributed by atoms with Crippen LogP contribution in [-0.4, -0.2) is 11.8 Å². The van der Waals surface area contributed by atoms with E-state index in [1.54, 1.807) is 24.3 Å². The van der Waals surface area contributed by atoms with Gasteiger partial charge in [0.25, 0.3) is 0 Å². The van der Waals surface area contributed by atoms with E-state index in [1.807, 2.05) is 24.3 Å². The Bertz CT molecular complexity index is 813. The maximum atomic E-state index is 13.0. The fraction of sp³-hybridized carbons (Fsp3) is 0.200. The van der Waals surface area contributed by atoms with Gasteiger partial charge in [-0.3, -0.25) is 4.79 Å². The van der Waals surface area contributed by atoms with Crippen molar-refractivity contribution in [3.8, 4) is 0 Å². The van der Waals surface area contributed by atoms with Gasteiger partial charge in [-0.2, -0.15) is 0 Å². The lowest BCUT2D eigenvalue weighted by Gasteiger charge is -2.34. The molecule has 1 heterocycles. The van der Waals surface area contributed by atoms with Gasteiger partial charge < -0.3 is 10.6 Å². The Kier molecular flexibility index (Phi) is 4.91. The van der Waals surface area contributed by atoms with Crippen LogP contribution in [0.4, 0.5) is 4.79 Å². The van der Waals surface area contributed by atoms with Crippen molar-refractivity contribution in [1.82, 2.24) is 10.6 Å². The number of benzene rings is 2. The van der Waals surface area contributed by atoms with E-state index in [2.05, 4.69) is 24.1 Å². The van der Waals surface area contributed by atoms with E-state index in [0.29, 0.717) is 16.3 Å². The van der Waals surface area contributed by atoms with Crippen molar-refractivity contribution < 1.29 is 9.59 Å². The van der Waals surface area contributed by atoms with Gasteiger partial charge in [-0.25, -0.2) is 4.79 Å². The highest BCUT2D eigenvalue weighted by molar-refractivity contribution is 6.30. The number of halogens is 1. The number of carbonyl (C=O) groups is 2. The third kappa shape index (κ3) is 3.59. The van der Waals surface area contributed by atoms with Gasteiger partial charge in [-0.05, 0) is 41.8 Å². The molecule has 0 radical (unpaired) electrons. The standard InChI is InChI=1S/C20H19ClN2O2/c1-3-13-4-6-14(7-5-13)18-17(12(2)22-20(25)23-18)19(24)15-8-10-16(21)11-9-15/h4-11,17-18H,2-3H2,1H3,(H2,22,23,25)/t17-,18-/m1/s1. The lowest BCUT2D eigenvalue weighted by molar-refractivity contribution is 0.0905. The Balaban J connectivity index is 1.97. The third-order valence-electron chi connectivity index (χ3n) is 4.43. The average molecular weight is 355 g/mol. The summed E-state index contributed by atoms with van der Waals surface area (Å²) < 4.78 is 0. The lowest BCUT2D eigenvalue weighted by atomic mass is 9.83. The van der Waals surface area contributed by atoms with Crippen LogP contribution < -0.4 is 10.6 Å². The number of ketones is 1. The monoisotopic (exact) mass is 354 g/mol. The van der Waals surface area contributed by atoms with Crippen LogP contribution in [-0.2, 0) is 6.42 Å². The molecular formula is C20H19ClN2O2. The molecule has 2 N–H and O–H groups in total. The minimum Gasteiger partial charge on any atom is -0.330 e. The number of hydrogen-bond donors (Lipinski definition) is 2. The summed E-state index contributed by atoms with van der Waals surface area (Å²) in [5.41, 5.74) is 3.00. The van der Waals surface area contributed by atoms with Crippen molar-refractivity contribution in [3.63, 3.8) is 0 Å². The summed E-state index contributed by atoms with van der Waals surface area (Å²) in [6.07, 6.45) is 0.929. The number of aryl methyl sites for hydroxylation is 1. The molecule has 2 aromatic rings. The fourth-order valence-corrected chi connectivity index (χ4v) is 3.15. The first-order valence-electron chi connectivity index (χ1n) is 8.14. The molecule has 2 amide bonds. The van der Waals surface area contributed by atoms with Crippen LogP contribution in [0.3, 0.4) is 0 Å². The second-order valence-electron chi connectivity index (χ2n) is 6.05. The van der Waals surface area contributed by atoms with E-state index in [4.69, 9.17) is 11.6 Å². The molecule has 0 aromatic heterocycles. The predicted octanol–water partition coefficient (Wildman–Crippen LogP) is 4.27. The van der Waals surface area contributed by atoms with Gasteiger partial charge in [-0.1, -0.05) is 49.4 Å². The maximum absolute atomic E-state index is 13.0. The Labute approximate surface area is 151 Å². The van der Waals surface area contributed by atoms with Gasteiger partial charge in [-0.15, -0.1) is 0 Å². The number of hydrogen-bond acceptors (Lipinski definition) is 2. The Morgan fingerprint density at radius 3 is 2.36 bits per heavy atom. The van der Waals surface area contributed by atoms with E-state index in [9.17, 15) is 9.59 Å². The smallest absolute Gasteiger partial charge is 0.319 e. The molecule has 5 heteroatoms. The Morgan fingerprint density at radius 1 is 1.12 bits per heavy atom. The van der Waals surface area contributed by atoms with Crippen molar-refractivity contribution in [2.45, 2.75) is 19.4 Å². The van der Waals surface area contributed by atoms with Crippen molar-refractivity contribution in [3.05, 3.63) is 82.5 Å². The number of amides is 2. The molecule has 0 unspecified atom stereocenters. The molecule has 1 fully saturated rings. The summed E-state index contributed by atoms with van der Waals surface area (Å²) in [6, 6.07) is 13.8. The minimum absolute atomic E-state index is 0.112. The zero-order valence-corrected chi connectivity index (χ0v) is 14.6. The fourth-order valence-electron chi connectivity index (χ4n) is 3.03. The first-order chi connectivity index (χ1) is 12.0. The number of rotatable bonds is 4. The normalized spacial score (nSPS) is 19.9. The molecule has 0 spiro atoms. The van der Waals surface area contributed by atoms with Gasteiger partial charge in [0.05, 0.1) is 12.0 Å². The Hall–Kier alpha value is -2.59. The van der Waals surface area contributed by atoms with E-state index in [-0.39, 0.29) is 11.8 Å². The number of Topliss-reactive ketones (excluding diaryl/α,β-unsaturated/α-hetero) is 1. The molecule has 1 saturated heterocycles. The average Bonchev–Trinajstić information content (AvgIpc) is 2.61. The zero-order valence-electron chi connectivity index (χ0n) is 13.9. The van der Waals surface area contributed by atoms with E-state index in [0.717, 1.165) is 12.0 Å². The summed E-state index contributed by atoms with van der Waals surface area (Å²) in [7, 11) is 0. The first kappa shape index (κ1) is 17.2. The largest absolute Gasteiger partial charge is 0.330 e.